The smallest absolute Gasteiger partial charge is 0.272 e. The first-order chi connectivity index (χ1) is 15.5. The molecule has 1 N–H and O–H groups in total. The first-order valence-electron chi connectivity index (χ1n) is 9.44. The highest BCUT2D eigenvalue weighted by molar-refractivity contribution is 5.92. The van der Waals surface area contributed by atoms with E-state index >= 15 is 0 Å². The summed E-state index contributed by atoms with van der Waals surface area (Å²) in [6.07, 6.45) is 4.58. The Hall–Kier alpha value is -4.60. The van der Waals surface area contributed by atoms with E-state index in [9.17, 15) is 19.3 Å². The quantitative estimate of drug-likeness (QED) is 0.348. The molecule has 32 heavy (non-hydrogen) atoms. The minimum absolute atomic E-state index is 0.0452. The Balaban J connectivity index is 1.39. The Morgan fingerprint density at radius 2 is 2.03 bits per heavy atom. The molecule has 0 radical (unpaired) electrons. The summed E-state index contributed by atoms with van der Waals surface area (Å²) < 4.78 is 21.2. The summed E-state index contributed by atoms with van der Waals surface area (Å²) in [6.45, 7) is 0.0760. The van der Waals surface area contributed by atoms with Gasteiger partial charge in [-0.3, -0.25) is 19.9 Å². The highest BCUT2D eigenvalue weighted by Gasteiger charge is 2.13. The van der Waals surface area contributed by atoms with Crippen molar-refractivity contribution >= 4 is 11.6 Å². The number of ether oxygens (including phenoxy) is 1. The van der Waals surface area contributed by atoms with Gasteiger partial charge in [-0.25, -0.2) is 9.07 Å². The van der Waals surface area contributed by atoms with E-state index in [4.69, 9.17) is 4.74 Å². The second kappa shape index (κ2) is 9.04. The number of rotatable bonds is 7. The molecule has 2 heterocycles. The number of pyridine rings is 1. The fraction of sp³-hybridized carbons (Fsp3) is 0.0455. The van der Waals surface area contributed by atoms with E-state index in [-0.39, 0.29) is 23.7 Å². The molecule has 2 aromatic carbocycles. The first kappa shape index (κ1) is 20.7. The highest BCUT2D eigenvalue weighted by Crippen LogP contribution is 2.24. The van der Waals surface area contributed by atoms with Crippen LogP contribution in [-0.2, 0) is 6.54 Å². The number of aromatic nitrogens is 3. The topological polar surface area (TPSA) is 112 Å². The van der Waals surface area contributed by atoms with E-state index < -0.39 is 16.6 Å². The molecular weight excluding hydrogens is 417 g/mol. The van der Waals surface area contributed by atoms with Crippen LogP contribution in [0, 0.1) is 15.9 Å². The van der Waals surface area contributed by atoms with Gasteiger partial charge in [0.1, 0.15) is 5.75 Å². The van der Waals surface area contributed by atoms with Crippen molar-refractivity contribution in [3.05, 3.63) is 106 Å². The Morgan fingerprint density at radius 3 is 2.78 bits per heavy atom. The van der Waals surface area contributed by atoms with Gasteiger partial charge in [0.2, 0.25) is 0 Å². The molecule has 0 spiro atoms. The average Bonchev–Trinajstić information content (AvgIpc) is 3.30. The molecule has 160 valence electrons. The molecule has 10 heteroatoms. The Labute approximate surface area is 181 Å². The van der Waals surface area contributed by atoms with Crippen molar-refractivity contribution in [2.75, 3.05) is 0 Å². The number of nitrogens with zero attached hydrogens (tertiary/aromatic N) is 4. The SMILES string of the molecule is O=C(NCc1ccc(Oc2cccnc2)c(F)c1)c1ccn(-c2cccc([N+](=O)[O-])c2)n1. The minimum Gasteiger partial charge on any atom is -0.453 e. The molecule has 9 nitrogen and oxygen atoms in total. The van der Waals surface area contributed by atoms with Gasteiger partial charge >= 0.3 is 0 Å². The molecule has 0 aliphatic carbocycles. The van der Waals surface area contributed by atoms with Crippen molar-refractivity contribution in [2.24, 2.45) is 0 Å². The van der Waals surface area contributed by atoms with Crippen LogP contribution in [-0.4, -0.2) is 25.6 Å². The minimum atomic E-state index is -0.574. The summed E-state index contributed by atoms with van der Waals surface area (Å²) in [6, 6.07) is 15.1. The summed E-state index contributed by atoms with van der Waals surface area (Å²) in [5.74, 6) is -0.587. The first-order valence-corrected chi connectivity index (χ1v) is 9.44. The van der Waals surface area contributed by atoms with Crippen LogP contribution in [0.15, 0.2) is 79.3 Å². The van der Waals surface area contributed by atoms with Crippen LogP contribution < -0.4 is 10.1 Å². The van der Waals surface area contributed by atoms with Crippen LogP contribution in [0.1, 0.15) is 16.1 Å². The average molecular weight is 433 g/mol. The maximum Gasteiger partial charge on any atom is 0.272 e. The van der Waals surface area contributed by atoms with E-state index in [0.717, 1.165) is 0 Å². The van der Waals surface area contributed by atoms with Crippen molar-refractivity contribution < 1.29 is 18.8 Å². The normalized spacial score (nSPS) is 10.5. The van der Waals surface area contributed by atoms with Crippen molar-refractivity contribution in [1.82, 2.24) is 20.1 Å². The zero-order valence-corrected chi connectivity index (χ0v) is 16.5. The standard InChI is InChI=1S/C22H16FN5O4/c23-19-11-15(6-7-21(19)32-18-5-2-9-24-14-18)13-25-22(29)20-8-10-27(26-20)16-3-1-4-17(12-16)28(30)31/h1-12,14H,13H2,(H,25,29). The summed E-state index contributed by atoms with van der Waals surface area (Å²) in [5.41, 5.74) is 1.02. The largest absolute Gasteiger partial charge is 0.453 e. The van der Waals surface area contributed by atoms with Crippen LogP contribution in [0.25, 0.3) is 5.69 Å². The Kier molecular flexibility index (Phi) is 5.84. The van der Waals surface area contributed by atoms with Crippen LogP contribution in [0.5, 0.6) is 11.5 Å². The lowest BCUT2D eigenvalue weighted by Crippen LogP contribution is -2.23. The van der Waals surface area contributed by atoms with Crippen LogP contribution in [0.2, 0.25) is 0 Å². The van der Waals surface area contributed by atoms with E-state index in [2.05, 4.69) is 15.4 Å². The van der Waals surface area contributed by atoms with Crippen molar-refractivity contribution in [2.45, 2.75) is 6.54 Å². The molecule has 4 aromatic rings. The second-order valence-corrected chi connectivity index (χ2v) is 6.66. The van der Waals surface area contributed by atoms with Crippen LogP contribution in [0.4, 0.5) is 10.1 Å². The molecule has 0 bridgehead atoms. The van der Waals surface area contributed by atoms with Gasteiger partial charge in [0.15, 0.2) is 17.3 Å². The number of carbonyl (C=O) groups excluding carboxylic acids is 1. The van der Waals surface area contributed by atoms with Gasteiger partial charge in [-0.15, -0.1) is 0 Å². The van der Waals surface area contributed by atoms with E-state index in [1.165, 1.54) is 53.5 Å². The zero-order chi connectivity index (χ0) is 22.5. The number of benzene rings is 2. The Morgan fingerprint density at radius 1 is 1.16 bits per heavy atom. The van der Waals surface area contributed by atoms with Crippen LogP contribution in [0.3, 0.4) is 0 Å². The fourth-order valence-electron chi connectivity index (χ4n) is 2.88. The number of nitro groups is 1. The van der Waals surface area contributed by atoms with E-state index in [0.29, 0.717) is 17.0 Å². The summed E-state index contributed by atoms with van der Waals surface area (Å²) in [7, 11) is 0. The van der Waals surface area contributed by atoms with Crippen molar-refractivity contribution in [3.63, 3.8) is 0 Å². The number of hydrogen-bond acceptors (Lipinski definition) is 6. The molecular formula is C22H16FN5O4. The molecule has 0 fully saturated rings. The second-order valence-electron chi connectivity index (χ2n) is 6.66. The third-order valence-corrected chi connectivity index (χ3v) is 4.44. The van der Waals surface area contributed by atoms with Gasteiger partial charge in [-0.1, -0.05) is 12.1 Å². The molecule has 1 amide bonds. The molecule has 0 aliphatic rings. The van der Waals surface area contributed by atoms with E-state index in [1.807, 2.05) is 0 Å². The maximum absolute atomic E-state index is 14.3. The van der Waals surface area contributed by atoms with Gasteiger partial charge in [-0.2, -0.15) is 5.10 Å². The van der Waals surface area contributed by atoms with Crippen LogP contribution >= 0.6 is 0 Å². The fourth-order valence-corrected chi connectivity index (χ4v) is 2.88. The van der Waals surface area contributed by atoms with Crippen molar-refractivity contribution in [1.29, 1.82) is 0 Å². The maximum atomic E-state index is 14.3. The number of halogens is 1. The summed E-state index contributed by atoms with van der Waals surface area (Å²) in [4.78, 5) is 26.7. The lowest BCUT2D eigenvalue weighted by Gasteiger charge is -2.08. The molecule has 4 rings (SSSR count). The Bertz CT molecular complexity index is 1280. The third kappa shape index (κ3) is 4.75. The predicted octanol–water partition coefficient (Wildman–Crippen LogP) is 4.04. The molecule has 0 aliphatic heterocycles. The number of nitrogens with one attached hydrogen (secondary N) is 1. The number of amides is 1. The number of non-ortho nitro benzene ring substituents is 1. The summed E-state index contributed by atoms with van der Waals surface area (Å²) in [5, 5.41) is 17.7. The lowest BCUT2D eigenvalue weighted by atomic mass is 10.2. The molecule has 0 saturated heterocycles. The zero-order valence-electron chi connectivity index (χ0n) is 16.5. The molecule has 0 unspecified atom stereocenters. The van der Waals surface area contributed by atoms with Gasteiger partial charge in [0.05, 0.1) is 16.8 Å². The van der Waals surface area contributed by atoms with E-state index in [1.54, 1.807) is 30.5 Å². The third-order valence-electron chi connectivity index (χ3n) is 4.44. The predicted molar refractivity (Wildman–Crippen MR) is 112 cm³/mol. The van der Waals surface area contributed by atoms with Gasteiger partial charge in [0, 0.05) is 31.1 Å². The lowest BCUT2D eigenvalue weighted by molar-refractivity contribution is -0.384. The molecule has 0 saturated carbocycles. The summed E-state index contributed by atoms with van der Waals surface area (Å²) >= 11 is 0. The number of nitro benzene ring substituents is 1. The van der Waals surface area contributed by atoms with Crippen molar-refractivity contribution in [3.8, 4) is 17.2 Å². The molecule has 0 atom stereocenters. The number of hydrogen-bond donors (Lipinski definition) is 1. The number of carbonyl (C=O) groups is 1. The molecule has 2 aromatic heterocycles. The van der Waals surface area contributed by atoms with Gasteiger partial charge in [0.25, 0.3) is 11.6 Å². The highest BCUT2D eigenvalue weighted by atomic mass is 19.1. The van der Waals surface area contributed by atoms with Gasteiger partial charge < -0.3 is 10.1 Å². The van der Waals surface area contributed by atoms with Gasteiger partial charge in [-0.05, 0) is 42.0 Å². The monoisotopic (exact) mass is 433 g/mol.